The molecule has 0 aliphatic heterocycles. The van der Waals surface area contributed by atoms with Gasteiger partial charge in [-0.1, -0.05) is 11.6 Å². The van der Waals surface area contributed by atoms with Crippen molar-refractivity contribution in [2.75, 3.05) is 7.11 Å². The summed E-state index contributed by atoms with van der Waals surface area (Å²) in [6.07, 6.45) is 0.121. The van der Waals surface area contributed by atoms with Crippen LogP contribution >= 0.6 is 11.6 Å². The van der Waals surface area contributed by atoms with E-state index in [1.54, 1.807) is 0 Å². The maximum absolute atomic E-state index is 9.35. The summed E-state index contributed by atoms with van der Waals surface area (Å²) < 4.78 is 4.92. The van der Waals surface area contributed by atoms with Crippen molar-refractivity contribution in [3.8, 4) is 17.6 Å². The van der Waals surface area contributed by atoms with Gasteiger partial charge in [-0.3, -0.25) is 0 Å². The largest absolute Gasteiger partial charge is 0.504 e. The molecule has 0 aromatic heterocycles. The van der Waals surface area contributed by atoms with E-state index in [4.69, 9.17) is 21.6 Å². The van der Waals surface area contributed by atoms with Crippen molar-refractivity contribution < 1.29 is 9.84 Å². The van der Waals surface area contributed by atoms with Crippen molar-refractivity contribution >= 4 is 11.6 Å². The second-order valence-corrected chi connectivity index (χ2v) is 2.82. The highest BCUT2D eigenvalue weighted by molar-refractivity contribution is 6.31. The van der Waals surface area contributed by atoms with Crippen LogP contribution in [0.5, 0.6) is 11.5 Å². The SMILES string of the molecule is COc1c(O)ccc(Cl)c1CC#N. The lowest BCUT2D eigenvalue weighted by Crippen LogP contribution is -1.92. The molecule has 1 N–H and O–H groups in total. The predicted octanol–water partition coefficient (Wildman–Crippen LogP) is 2.12. The fraction of sp³-hybridized carbons (Fsp3) is 0.222. The van der Waals surface area contributed by atoms with Crippen LogP contribution in [0.4, 0.5) is 0 Å². The second-order valence-electron chi connectivity index (χ2n) is 2.41. The number of rotatable bonds is 2. The van der Waals surface area contributed by atoms with Gasteiger partial charge in [0.1, 0.15) is 0 Å². The van der Waals surface area contributed by atoms with Crippen LogP contribution in [0.2, 0.25) is 5.02 Å². The number of nitrogens with zero attached hydrogens (tertiary/aromatic N) is 1. The molecule has 0 heterocycles. The van der Waals surface area contributed by atoms with Crippen LogP contribution in [0, 0.1) is 11.3 Å². The van der Waals surface area contributed by atoms with Gasteiger partial charge >= 0.3 is 0 Å². The summed E-state index contributed by atoms with van der Waals surface area (Å²) in [4.78, 5) is 0. The number of hydrogen-bond donors (Lipinski definition) is 1. The molecule has 0 radical (unpaired) electrons. The summed E-state index contributed by atoms with van der Waals surface area (Å²) >= 11 is 5.82. The molecule has 0 aliphatic rings. The number of phenols is 1. The van der Waals surface area contributed by atoms with E-state index in [0.717, 1.165) is 0 Å². The molecule has 0 fully saturated rings. The highest BCUT2D eigenvalue weighted by Gasteiger charge is 2.11. The molecule has 0 saturated heterocycles. The van der Waals surface area contributed by atoms with Gasteiger partial charge < -0.3 is 9.84 Å². The van der Waals surface area contributed by atoms with Crippen molar-refractivity contribution in [2.24, 2.45) is 0 Å². The molecule has 0 unspecified atom stereocenters. The number of aromatic hydroxyl groups is 1. The Morgan fingerprint density at radius 1 is 1.62 bits per heavy atom. The van der Waals surface area contributed by atoms with Crippen molar-refractivity contribution in [1.29, 1.82) is 5.26 Å². The minimum atomic E-state index is -0.00264. The number of ether oxygens (including phenoxy) is 1. The van der Waals surface area contributed by atoms with Crippen molar-refractivity contribution in [2.45, 2.75) is 6.42 Å². The highest BCUT2D eigenvalue weighted by atomic mass is 35.5. The summed E-state index contributed by atoms with van der Waals surface area (Å²) in [6.45, 7) is 0. The lowest BCUT2D eigenvalue weighted by molar-refractivity contribution is 0.370. The zero-order valence-electron chi connectivity index (χ0n) is 7.04. The lowest BCUT2D eigenvalue weighted by atomic mass is 10.1. The van der Waals surface area contributed by atoms with Gasteiger partial charge in [-0.15, -0.1) is 0 Å². The van der Waals surface area contributed by atoms with E-state index in [1.807, 2.05) is 6.07 Å². The molecular weight excluding hydrogens is 190 g/mol. The number of methoxy groups -OCH3 is 1. The fourth-order valence-corrected chi connectivity index (χ4v) is 1.28. The Balaban J connectivity index is 3.27. The van der Waals surface area contributed by atoms with Crippen molar-refractivity contribution in [3.05, 3.63) is 22.7 Å². The van der Waals surface area contributed by atoms with E-state index in [2.05, 4.69) is 0 Å². The number of halogens is 1. The molecule has 1 aromatic rings. The Bertz CT molecular complexity index is 357. The van der Waals surface area contributed by atoms with E-state index in [0.29, 0.717) is 10.6 Å². The maximum atomic E-state index is 9.35. The first kappa shape index (κ1) is 9.69. The first-order chi connectivity index (χ1) is 6.20. The molecule has 0 bridgehead atoms. The molecule has 1 aromatic carbocycles. The smallest absolute Gasteiger partial charge is 0.166 e. The Morgan fingerprint density at radius 3 is 2.85 bits per heavy atom. The molecule has 0 aliphatic carbocycles. The molecule has 1 rings (SSSR count). The number of benzene rings is 1. The molecule has 0 atom stereocenters. The molecule has 0 saturated carbocycles. The average molecular weight is 198 g/mol. The van der Waals surface area contributed by atoms with Gasteiger partial charge in [-0.2, -0.15) is 5.26 Å². The van der Waals surface area contributed by atoms with Gasteiger partial charge in [0.25, 0.3) is 0 Å². The zero-order chi connectivity index (χ0) is 9.84. The van der Waals surface area contributed by atoms with Gasteiger partial charge in [0.15, 0.2) is 11.5 Å². The van der Waals surface area contributed by atoms with Crippen LogP contribution < -0.4 is 4.74 Å². The van der Waals surface area contributed by atoms with Crippen LogP contribution in [0.25, 0.3) is 0 Å². The molecule has 4 heteroatoms. The minimum absolute atomic E-state index is 0.00264. The standard InChI is InChI=1S/C9H8ClNO2/c1-13-9-6(4-5-11)7(10)2-3-8(9)12/h2-3,12H,4H2,1H3. The van der Waals surface area contributed by atoms with Gasteiger partial charge in [-0.25, -0.2) is 0 Å². The van der Waals surface area contributed by atoms with E-state index < -0.39 is 0 Å². The number of hydrogen-bond acceptors (Lipinski definition) is 3. The summed E-state index contributed by atoms with van der Waals surface area (Å²) in [7, 11) is 1.42. The van der Waals surface area contributed by atoms with E-state index >= 15 is 0 Å². The van der Waals surface area contributed by atoms with Gasteiger partial charge in [-0.05, 0) is 12.1 Å². The topological polar surface area (TPSA) is 53.2 Å². The summed E-state index contributed by atoms with van der Waals surface area (Å²) in [5.74, 6) is 0.270. The highest BCUT2D eigenvalue weighted by Crippen LogP contribution is 2.34. The first-order valence-corrected chi connectivity index (χ1v) is 3.99. The molecule has 0 spiro atoms. The Morgan fingerprint density at radius 2 is 2.31 bits per heavy atom. The van der Waals surface area contributed by atoms with Gasteiger partial charge in [0.05, 0.1) is 19.6 Å². The fourth-order valence-electron chi connectivity index (χ4n) is 1.06. The van der Waals surface area contributed by atoms with Crippen LogP contribution in [0.15, 0.2) is 12.1 Å². The van der Waals surface area contributed by atoms with Crippen LogP contribution in [0.1, 0.15) is 5.56 Å². The molecule has 13 heavy (non-hydrogen) atoms. The number of phenolic OH excluding ortho intramolecular Hbond substituents is 1. The van der Waals surface area contributed by atoms with E-state index in [-0.39, 0.29) is 17.9 Å². The van der Waals surface area contributed by atoms with Crippen molar-refractivity contribution in [3.63, 3.8) is 0 Å². The van der Waals surface area contributed by atoms with E-state index in [1.165, 1.54) is 19.2 Å². The lowest BCUT2D eigenvalue weighted by Gasteiger charge is -2.08. The normalized spacial score (nSPS) is 9.31. The summed E-state index contributed by atoms with van der Waals surface area (Å²) in [5.41, 5.74) is 0.520. The summed E-state index contributed by atoms with van der Waals surface area (Å²) in [5, 5.41) is 18.3. The second kappa shape index (κ2) is 4.01. The predicted molar refractivity (Wildman–Crippen MR) is 49.0 cm³/mol. The zero-order valence-corrected chi connectivity index (χ0v) is 7.80. The maximum Gasteiger partial charge on any atom is 0.166 e. The monoisotopic (exact) mass is 197 g/mol. The van der Waals surface area contributed by atoms with E-state index in [9.17, 15) is 5.11 Å². The Labute approximate surface area is 81.1 Å². The van der Waals surface area contributed by atoms with Crippen LogP contribution in [0.3, 0.4) is 0 Å². The first-order valence-electron chi connectivity index (χ1n) is 3.62. The Kier molecular flexibility index (Phi) is 2.99. The third-order valence-corrected chi connectivity index (χ3v) is 2.00. The number of nitriles is 1. The minimum Gasteiger partial charge on any atom is -0.504 e. The summed E-state index contributed by atoms with van der Waals surface area (Å²) in [6, 6.07) is 4.92. The van der Waals surface area contributed by atoms with Crippen LogP contribution in [-0.2, 0) is 6.42 Å². The van der Waals surface area contributed by atoms with Crippen LogP contribution in [-0.4, -0.2) is 12.2 Å². The third kappa shape index (κ3) is 1.85. The molecule has 68 valence electrons. The van der Waals surface area contributed by atoms with Gasteiger partial charge in [0.2, 0.25) is 0 Å². The molecular formula is C9H8ClNO2. The molecule has 3 nitrogen and oxygen atoms in total. The average Bonchev–Trinajstić information content (AvgIpc) is 2.12. The molecule has 0 amide bonds. The van der Waals surface area contributed by atoms with Crippen molar-refractivity contribution in [1.82, 2.24) is 0 Å². The quantitative estimate of drug-likeness (QED) is 0.790. The third-order valence-electron chi connectivity index (χ3n) is 1.64. The Hall–Kier alpha value is -1.40. The van der Waals surface area contributed by atoms with Gasteiger partial charge in [0, 0.05) is 10.6 Å².